The predicted octanol–water partition coefficient (Wildman–Crippen LogP) is 2.19. The van der Waals surface area contributed by atoms with E-state index in [0.717, 1.165) is 17.0 Å². The lowest BCUT2D eigenvalue weighted by molar-refractivity contribution is 0.767. The minimum atomic E-state index is 0.576. The minimum Gasteiger partial charge on any atom is -0.266 e. The van der Waals surface area contributed by atoms with Gasteiger partial charge in [-0.05, 0) is 12.1 Å². The molecular formula is C15H12N6. The molecule has 0 amide bonds. The second kappa shape index (κ2) is 4.52. The molecule has 4 rings (SSSR count). The highest BCUT2D eigenvalue weighted by Gasteiger charge is 2.12. The van der Waals surface area contributed by atoms with Crippen molar-refractivity contribution in [2.45, 2.75) is 0 Å². The zero-order chi connectivity index (χ0) is 14.2. The summed E-state index contributed by atoms with van der Waals surface area (Å²) in [7, 11) is 1.90. The van der Waals surface area contributed by atoms with Gasteiger partial charge in [0.05, 0.1) is 11.4 Å². The highest BCUT2D eigenvalue weighted by Crippen LogP contribution is 2.20. The summed E-state index contributed by atoms with van der Waals surface area (Å²) in [6.07, 6.45) is 3.50. The maximum atomic E-state index is 4.58. The third-order valence-electron chi connectivity index (χ3n) is 3.36. The second-order valence-corrected chi connectivity index (χ2v) is 4.68. The zero-order valence-corrected chi connectivity index (χ0v) is 11.4. The van der Waals surface area contributed by atoms with Crippen LogP contribution in [0.15, 0.2) is 54.9 Å². The molecule has 0 unspecified atom stereocenters. The molecule has 0 saturated carbocycles. The van der Waals surface area contributed by atoms with Crippen LogP contribution in [0.5, 0.6) is 0 Å². The first kappa shape index (κ1) is 11.8. The van der Waals surface area contributed by atoms with E-state index in [-0.39, 0.29) is 0 Å². The Balaban J connectivity index is 1.95. The van der Waals surface area contributed by atoms with Crippen LogP contribution in [0, 0.1) is 0 Å². The van der Waals surface area contributed by atoms with Crippen molar-refractivity contribution in [3.8, 4) is 22.8 Å². The Labute approximate surface area is 120 Å². The summed E-state index contributed by atoms with van der Waals surface area (Å²) < 4.78 is 3.55. The average molecular weight is 276 g/mol. The Morgan fingerprint density at radius 3 is 2.48 bits per heavy atom. The molecule has 0 bridgehead atoms. The van der Waals surface area contributed by atoms with Crippen molar-refractivity contribution in [2.24, 2.45) is 7.05 Å². The van der Waals surface area contributed by atoms with Crippen LogP contribution >= 0.6 is 0 Å². The van der Waals surface area contributed by atoms with Crippen LogP contribution < -0.4 is 0 Å². The predicted molar refractivity (Wildman–Crippen MR) is 78.4 cm³/mol. The van der Waals surface area contributed by atoms with Crippen molar-refractivity contribution in [1.82, 2.24) is 29.4 Å². The van der Waals surface area contributed by atoms with Gasteiger partial charge in [-0.15, -0.1) is 5.10 Å². The molecular weight excluding hydrogens is 264 g/mol. The maximum Gasteiger partial charge on any atom is 0.253 e. The molecule has 0 fully saturated rings. The number of fused-ring (bicyclic) bond motifs is 1. The maximum absolute atomic E-state index is 4.58. The molecule has 0 N–H and O–H groups in total. The van der Waals surface area contributed by atoms with Crippen LogP contribution in [-0.4, -0.2) is 29.4 Å². The van der Waals surface area contributed by atoms with Crippen molar-refractivity contribution in [3.05, 3.63) is 54.9 Å². The van der Waals surface area contributed by atoms with Crippen molar-refractivity contribution >= 4 is 5.78 Å². The van der Waals surface area contributed by atoms with Crippen molar-refractivity contribution in [1.29, 1.82) is 0 Å². The third kappa shape index (κ3) is 1.88. The van der Waals surface area contributed by atoms with Crippen LogP contribution in [0.4, 0.5) is 0 Å². The molecule has 0 aliphatic carbocycles. The normalized spacial score (nSPS) is 11.1. The molecule has 0 saturated heterocycles. The Morgan fingerprint density at radius 1 is 0.905 bits per heavy atom. The monoisotopic (exact) mass is 276 g/mol. The third-order valence-corrected chi connectivity index (χ3v) is 3.36. The summed E-state index contributed by atoms with van der Waals surface area (Å²) in [4.78, 5) is 8.78. The summed E-state index contributed by atoms with van der Waals surface area (Å²) in [6.45, 7) is 0. The second-order valence-electron chi connectivity index (χ2n) is 4.68. The zero-order valence-electron chi connectivity index (χ0n) is 11.4. The summed E-state index contributed by atoms with van der Waals surface area (Å²) in [6, 6.07) is 13.7. The Hall–Kier alpha value is -3.02. The minimum absolute atomic E-state index is 0.576. The first-order chi connectivity index (χ1) is 10.3. The summed E-state index contributed by atoms with van der Waals surface area (Å²) in [5.74, 6) is 1.24. The van der Waals surface area contributed by atoms with E-state index in [1.54, 1.807) is 21.6 Å². The van der Waals surface area contributed by atoms with Crippen LogP contribution in [0.25, 0.3) is 28.6 Å². The highest BCUT2D eigenvalue weighted by molar-refractivity contribution is 5.61. The summed E-state index contributed by atoms with van der Waals surface area (Å²) >= 11 is 0. The lowest BCUT2D eigenvalue weighted by Crippen LogP contribution is -2.00. The van der Waals surface area contributed by atoms with E-state index in [0.29, 0.717) is 11.6 Å². The molecule has 6 heteroatoms. The van der Waals surface area contributed by atoms with E-state index in [9.17, 15) is 0 Å². The number of aromatic nitrogens is 6. The van der Waals surface area contributed by atoms with E-state index >= 15 is 0 Å². The molecule has 6 nitrogen and oxygen atoms in total. The van der Waals surface area contributed by atoms with E-state index < -0.39 is 0 Å². The van der Waals surface area contributed by atoms with Gasteiger partial charge < -0.3 is 0 Å². The van der Waals surface area contributed by atoms with Gasteiger partial charge in [0.2, 0.25) is 0 Å². The van der Waals surface area contributed by atoms with Gasteiger partial charge in [-0.2, -0.15) is 14.6 Å². The largest absolute Gasteiger partial charge is 0.266 e. The van der Waals surface area contributed by atoms with Crippen LogP contribution in [-0.2, 0) is 7.05 Å². The van der Waals surface area contributed by atoms with Gasteiger partial charge in [-0.1, -0.05) is 30.3 Å². The molecule has 21 heavy (non-hydrogen) atoms. The number of aryl methyl sites for hydroxylation is 1. The van der Waals surface area contributed by atoms with Gasteiger partial charge in [0, 0.05) is 25.0 Å². The number of hydrogen-bond donors (Lipinski definition) is 0. The first-order valence-electron chi connectivity index (χ1n) is 6.58. The van der Waals surface area contributed by atoms with Crippen molar-refractivity contribution in [3.63, 3.8) is 0 Å². The number of rotatable bonds is 2. The Kier molecular flexibility index (Phi) is 2.53. The highest BCUT2D eigenvalue weighted by atomic mass is 15.3. The van der Waals surface area contributed by atoms with Gasteiger partial charge in [0.15, 0.2) is 5.82 Å². The molecule has 102 valence electrons. The SMILES string of the molecule is Cn1nccc1-c1ccnc2nc(-c3ccccc3)nn12. The standard InChI is InChI=1S/C15H12N6/c1-20-12(8-10-17-20)13-7-9-16-15-18-14(19-21(13)15)11-5-3-2-4-6-11/h2-10H,1H3. The molecule has 4 aromatic rings. The first-order valence-corrected chi connectivity index (χ1v) is 6.58. The number of nitrogens with zero attached hydrogens (tertiary/aromatic N) is 6. The molecule has 0 atom stereocenters. The number of hydrogen-bond acceptors (Lipinski definition) is 4. The molecule has 3 aromatic heterocycles. The quantitative estimate of drug-likeness (QED) is 0.563. The lowest BCUT2D eigenvalue weighted by atomic mass is 10.2. The smallest absolute Gasteiger partial charge is 0.253 e. The molecule has 0 aliphatic heterocycles. The molecule has 3 heterocycles. The Morgan fingerprint density at radius 2 is 1.71 bits per heavy atom. The number of benzene rings is 1. The van der Waals surface area contributed by atoms with E-state index in [1.807, 2.05) is 49.5 Å². The van der Waals surface area contributed by atoms with Crippen molar-refractivity contribution in [2.75, 3.05) is 0 Å². The van der Waals surface area contributed by atoms with E-state index in [1.165, 1.54) is 0 Å². The summed E-state index contributed by atoms with van der Waals surface area (Å²) in [5.41, 5.74) is 2.85. The fraction of sp³-hybridized carbons (Fsp3) is 0.0667. The fourth-order valence-corrected chi connectivity index (χ4v) is 2.32. The molecule has 1 aromatic carbocycles. The van der Waals surface area contributed by atoms with Gasteiger partial charge in [-0.25, -0.2) is 4.98 Å². The fourth-order valence-electron chi connectivity index (χ4n) is 2.32. The molecule has 0 aliphatic rings. The lowest BCUT2D eigenvalue weighted by Gasteiger charge is -2.03. The van der Waals surface area contributed by atoms with Crippen LogP contribution in [0.1, 0.15) is 0 Å². The van der Waals surface area contributed by atoms with Crippen LogP contribution in [0.2, 0.25) is 0 Å². The van der Waals surface area contributed by atoms with Gasteiger partial charge in [0.1, 0.15) is 0 Å². The van der Waals surface area contributed by atoms with E-state index in [4.69, 9.17) is 0 Å². The van der Waals surface area contributed by atoms with Gasteiger partial charge in [-0.3, -0.25) is 4.68 Å². The topological polar surface area (TPSA) is 60.9 Å². The van der Waals surface area contributed by atoms with E-state index in [2.05, 4.69) is 20.2 Å². The summed E-state index contributed by atoms with van der Waals surface area (Å²) in [5, 5.41) is 8.78. The average Bonchev–Trinajstić information content (AvgIpc) is 3.14. The van der Waals surface area contributed by atoms with Gasteiger partial charge >= 0.3 is 0 Å². The Bertz CT molecular complexity index is 906. The van der Waals surface area contributed by atoms with Crippen LogP contribution in [0.3, 0.4) is 0 Å². The molecule has 0 spiro atoms. The molecule has 0 radical (unpaired) electrons. The van der Waals surface area contributed by atoms with Crippen molar-refractivity contribution < 1.29 is 0 Å². The van der Waals surface area contributed by atoms with Gasteiger partial charge in [0.25, 0.3) is 5.78 Å².